The molecule has 2 atom stereocenters. The van der Waals surface area contributed by atoms with Crippen molar-refractivity contribution in [2.24, 2.45) is 16.2 Å². The Labute approximate surface area is 146 Å². The van der Waals surface area contributed by atoms with Crippen LogP contribution in [0.5, 0.6) is 0 Å². The Morgan fingerprint density at radius 1 is 1.12 bits per heavy atom. The summed E-state index contributed by atoms with van der Waals surface area (Å²) in [6.45, 7) is 6.18. The normalized spacial score (nSPS) is 31.0. The van der Waals surface area contributed by atoms with Crippen LogP contribution in [-0.2, 0) is 4.79 Å². The molecule has 2 aliphatic rings. The van der Waals surface area contributed by atoms with Gasteiger partial charge in [0.2, 0.25) is 5.91 Å². The van der Waals surface area contributed by atoms with Crippen molar-refractivity contribution < 1.29 is 4.79 Å². The molecule has 2 saturated heterocycles. The van der Waals surface area contributed by atoms with Crippen molar-refractivity contribution >= 4 is 28.8 Å². The molecule has 24 heavy (non-hydrogen) atoms. The van der Waals surface area contributed by atoms with E-state index in [9.17, 15) is 15.3 Å². The Morgan fingerprint density at radius 3 is 2.21 bits per heavy atom. The first-order valence-electron chi connectivity index (χ1n) is 7.74. The average molecular weight is 338 g/mol. The second-order valence-corrected chi connectivity index (χ2v) is 7.54. The number of fused-ring (bicyclic) bond motifs is 2. The van der Waals surface area contributed by atoms with Gasteiger partial charge in [-0.2, -0.15) is 10.5 Å². The minimum absolute atomic E-state index is 0.211. The minimum Gasteiger partial charge on any atom is -0.367 e. The number of nitrogens with zero attached hydrogens (tertiary/aromatic N) is 3. The number of aryl methyl sites for hydroxylation is 1. The molecule has 0 radical (unpaired) electrons. The summed E-state index contributed by atoms with van der Waals surface area (Å²) in [5.74, 6) is -0.414. The van der Waals surface area contributed by atoms with Crippen LogP contribution in [0.4, 0.5) is 5.69 Å². The van der Waals surface area contributed by atoms with Gasteiger partial charge >= 0.3 is 0 Å². The van der Waals surface area contributed by atoms with Crippen LogP contribution in [0, 0.1) is 45.8 Å². The molecule has 122 valence electrons. The number of nitrogens with one attached hydrogen (secondary N) is 1. The fourth-order valence-electron chi connectivity index (χ4n) is 3.81. The molecule has 1 N–H and O–H groups in total. The predicted molar refractivity (Wildman–Crippen MR) is 94.0 cm³/mol. The summed E-state index contributed by atoms with van der Waals surface area (Å²) < 4.78 is 0. The zero-order chi connectivity index (χ0) is 17.8. The monoisotopic (exact) mass is 338 g/mol. The molecule has 2 fully saturated rings. The highest BCUT2D eigenvalue weighted by molar-refractivity contribution is 7.80. The van der Waals surface area contributed by atoms with E-state index in [2.05, 4.69) is 17.5 Å². The topological polar surface area (TPSA) is 79.9 Å². The molecule has 2 bridgehead atoms. The van der Waals surface area contributed by atoms with E-state index in [0.717, 1.165) is 11.3 Å². The van der Waals surface area contributed by atoms with Gasteiger partial charge in [0, 0.05) is 24.2 Å². The number of hydrogen-bond acceptors (Lipinski definition) is 5. The smallest absolute Gasteiger partial charge is 0.247 e. The van der Waals surface area contributed by atoms with Crippen LogP contribution in [0.25, 0.3) is 0 Å². The summed E-state index contributed by atoms with van der Waals surface area (Å²) in [6, 6.07) is 12.4. The van der Waals surface area contributed by atoms with Crippen molar-refractivity contribution in [2.75, 3.05) is 18.0 Å². The van der Waals surface area contributed by atoms with Gasteiger partial charge in [0.05, 0.1) is 12.1 Å². The average Bonchev–Trinajstić information content (AvgIpc) is 2.54. The van der Waals surface area contributed by atoms with Gasteiger partial charge in [-0.05, 0) is 19.1 Å². The maximum absolute atomic E-state index is 12.7. The Balaban J connectivity index is 2.20. The van der Waals surface area contributed by atoms with Gasteiger partial charge in [0.1, 0.15) is 10.4 Å². The van der Waals surface area contributed by atoms with Crippen LogP contribution in [0.15, 0.2) is 24.3 Å². The summed E-state index contributed by atoms with van der Waals surface area (Å²) >= 11 is 5.38. The molecule has 0 saturated carbocycles. The SMILES string of the molecule is Cc1ccc(N2CC3(C#N)C(=O)NC(=S)C(C#N)(C2)C3(C)C)cc1. The third-order valence-corrected chi connectivity index (χ3v) is 6.22. The summed E-state index contributed by atoms with van der Waals surface area (Å²) in [7, 11) is 0. The number of anilines is 1. The molecular weight excluding hydrogens is 320 g/mol. The first-order chi connectivity index (χ1) is 11.2. The van der Waals surface area contributed by atoms with E-state index < -0.39 is 22.2 Å². The number of thiocarbonyl (C=S) groups is 1. The van der Waals surface area contributed by atoms with Crippen LogP contribution in [0.1, 0.15) is 19.4 Å². The number of benzene rings is 1. The molecule has 2 unspecified atom stereocenters. The van der Waals surface area contributed by atoms with Crippen LogP contribution >= 0.6 is 12.2 Å². The highest BCUT2D eigenvalue weighted by Crippen LogP contribution is 2.58. The zero-order valence-electron chi connectivity index (χ0n) is 13.9. The quantitative estimate of drug-likeness (QED) is 0.795. The van der Waals surface area contributed by atoms with Crippen molar-refractivity contribution in [3.8, 4) is 12.1 Å². The van der Waals surface area contributed by atoms with E-state index in [-0.39, 0.29) is 11.5 Å². The van der Waals surface area contributed by atoms with Crippen molar-refractivity contribution in [3.63, 3.8) is 0 Å². The number of carbonyl (C=O) groups is 1. The van der Waals surface area contributed by atoms with Gasteiger partial charge in [-0.25, -0.2) is 0 Å². The molecule has 1 aromatic carbocycles. The minimum atomic E-state index is -1.34. The number of nitriles is 2. The van der Waals surface area contributed by atoms with Crippen molar-refractivity contribution in [3.05, 3.63) is 29.8 Å². The summed E-state index contributed by atoms with van der Waals surface area (Å²) in [5, 5.41) is 22.5. The third-order valence-electron chi connectivity index (χ3n) is 5.77. The van der Waals surface area contributed by atoms with Crippen LogP contribution < -0.4 is 10.2 Å². The Kier molecular flexibility index (Phi) is 3.44. The van der Waals surface area contributed by atoms with Crippen LogP contribution in [-0.4, -0.2) is 24.0 Å². The lowest BCUT2D eigenvalue weighted by atomic mass is 9.48. The molecule has 0 aliphatic carbocycles. The van der Waals surface area contributed by atoms with Gasteiger partial charge in [-0.15, -0.1) is 0 Å². The third kappa shape index (κ3) is 1.78. The number of amides is 1. The first kappa shape index (κ1) is 16.4. The molecule has 0 spiro atoms. The summed E-state index contributed by atoms with van der Waals surface area (Å²) in [6.07, 6.45) is 0. The number of rotatable bonds is 1. The second-order valence-electron chi connectivity index (χ2n) is 7.13. The Bertz CT molecular complexity index is 773. The molecule has 0 aromatic heterocycles. The van der Waals surface area contributed by atoms with Crippen molar-refractivity contribution in [1.82, 2.24) is 5.32 Å². The van der Waals surface area contributed by atoms with E-state index >= 15 is 0 Å². The lowest BCUT2D eigenvalue weighted by Gasteiger charge is -2.60. The van der Waals surface area contributed by atoms with Gasteiger partial charge < -0.3 is 10.2 Å². The second kappa shape index (κ2) is 5.03. The molecule has 1 amide bonds. The lowest BCUT2D eigenvalue weighted by Crippen LogP contribution is -2.75. The van der Waals surface area contributed by atoms with E-state index in [1.54, 1.807) is 13.8 Å². The van der Waals surface area contributed by atoms with Crippen molar-refractivity contribution in [2.45, 2.75) is 20.8 Å². The maximum Gasteiger partial charge on any atom is 0.247 e. The Morgan fingerprint density at radius 2 is 1.67 bits per heavy atom. The molecule has 3 rings (SSSR count). The highest BCUT2D eigenvalue weighted by atomic mass is 32.1. The maximum atomic E-state index is 12.7. The molecule has 5 nitrogen and oxygen atoms in total. The van der Waals surface area contributed by atoms with Crippen LogP contribution in [0.2, 0.25) is 0 Å². The van der Waals surface area contributed by atoms with E-state index in [4.69, 9.17) is 12.2 Å². The van der Waals surface area contributed by atoms with Crippen molar-refractivity contribution in [1.29, 1.82) is 10.5 Å². The fraction of sp³-hybridized carbons (Fsp3) is 0.444. The van der Waals surface area contributed by atoms with E-state index in [0.29, 0.717) is 6.54 Å². The summed E-state index contributed by atoms with van der Waals surface area (Å²) in [4.78, 5) is 14.9. The molecule has 2 heterocycles. The van der Waals surface area contributed by atoms with E-state index in [1.807, 2.05) is 36.1 Å². The number of piperidine rings is 2. The van der Waals surface area contributed by atoms with Gasteiger partial charge in [0.25, 0.3) is 0 Å². The van der Waals surface area contributed by atoms with Gasteiger partial charge in [-0.3, -0.25) is 4.79 Å². The van der Waals surface area contributed by atoms with Crippen LogP contribution in [0.3, 0.4) is 0 Å². The van der Waals surface area contributed by atoms with Gasteiger partial charge in [0.15, 0.2) is 5.41 Å². The Hall–Kier alpha value is -2.44. The fourth-order valence-corrected chi connectivity index (χ4v) is 4.26. The standard InChI is InChI=1S/C18H18N4OS/c1-12-4-6-13(7-5-12)22-10-17(8-19)14(23)21-15(24)18(9-20,11-22)16(17,2)3/h4-7H,10-11H2,1-3H3,(H,21,23,24). The zero-order valence-corrected chi connectivity index (χ0v) is 14.7. The number of hydrogen-bond donors (Lipinski definition) is 1. The molecule has 2 aliphatic heterocycles. The predicted octanol–water partition coefficient (Wildman–Crippen LogP) is 2.32. The first-order valence-corrected chi connectivity index (χ1v) is 8.15. The van der Waals surface area contributed by atoms with Gasteiger partial charge in [-0.1, -0.05) is 43.8 Å². The molecule has 1 aromatic rings. The number of carbonyl (C=O) groups excluding carboxylic acids is 1. The molecular formula is C18H18N4OS. The lowest BCUT2D eigenvalue weighted by molar-refractivity contribution is -0.139. The van der Waals surface area contributed by atoms with E-state index in [1.165, 1.54) is 0 Å². The highest BCUT2D eigenvalue weighted by Gasteiger charge is 2.71. The largest absolute Gasteiger partial charge is 0.367 e. The summed E-state index contributed by atoms with van der Waals surface area (Å²) in [5.41, 5.74) is -1.32. The molecule has 6 heteroatoms.